The number of ether oxygens (including phenoxy) is 1. The van der Waals surface area contributed by atoms with Crippen LogP contribution in [0.15, 0.2) is 29.8 Å². The maximum absolute atomic E-state index is 9.60. The first-order valence-electron chi connectivity index (χ1n) is 8.68. The second kappa shape index (κ2) is 6.97. The minimum atomic E-state index is 0.114. The van der Waals surface area contributed by atoms with Crippen LogP contribution in [0.2, 0.25) is 0 Å². The molecule has 1 aromatic carbocycles. The maximum Gasteiger partial charge on any atom is 0.142 e. The van der Waals surface area contributed by atoms with E-state index < -0.39 is 0 Å². The lowest BCUT2D eigenvalue weighted by molar-refractivity contribution is 0.242. The van der Waals surface area contributed by atoms with Crippen molar-refractivity contribution in [3.63, 3.8) is 0 Å². The summed E-state index contributed by atoms with van der Waals surface area (Å²) in [5, 5.41) is 19.0. The standard InChI is InChI=1S/C22H20N4O/c1-12(2)27-16-7-5-15(6-8-16)9-17-13(3)18(10-23)21-20(17)14(4)19(11-24)22(25)26-21/h5-9,12H,1-4H3,(H2,25,26). The summed E-state index contributed by atoms with van der Waals surface area (Å²) in [5.41, 5.74) is 11.6. The number of allylic oxidation sites excluding steroid dienone is 3. The molecule has 0 atom stereocenters. The zero-order chi connectivity index (χ0) is 19.7. The van der Waals surface area contributed by atoms with E-state index in [1.54, 1.807) is 0 Å². The summed E-state index contributed by atoms with van der Waals surface area (Å²) < 4.78 is 5.68. The predicted octanol–water partition coefficient (Wildman–Crippen LogP) is 4.48. The number of hydrogen-bond donors (Lipinski definition) is 1. The van der Waals surface area contributed by atoms with E-state index in [0.29, 0.717) is 16.8 Å². The maximum atomic E-state index is 9.60. The first-order valence-corrected chi connectivity index (χ1v) is 8.68. The zero-order valence-corrected chi connectivity index (χ0v) is 15.8. The van der Waals surface area contributed by atoms with E-state index >= 15 is 0 Å². The molecule has 1 aliphatic carbocycles. The lowest BCUT2D eigenvalue weighted by Gasteiger charge is -2.11. The molecule has 0 fully saturated rings. The third kappa shape index (κ3) is 3.16. The van der Waals surface area contributed by atoms with Crippen molar-refractivity contribution in [2.45, 2.75) is 33.8 Å². The Kier molecular flexibility index (Phi) is 4.71. The summed E-state index contributed by atoms with van der Waals surface area (Å²) in [4.78, 5) is 4.34. The molecule has 0 bridgehead atoms. The second-order valence-electron chi connectivity index (χ2n) is 6.74. The van der Waals surface area contributed by atoms with Crippen LogP contribution in [-0.4, -0.2) is 11.1 Å². The van der Waals surface area contributed by atoms with Gasteiger partial charge >= 0.3 is 0 Å². The Labute approximate surface area is 159 Å². The lowest BCUT2D eigenvalue weighted by Crippen LogP contribution is -2.05. The van der Waals surface area contributed by atoms with Gasteiger partial charge in [-0.3, -0.25) is 0 Å². The van der Waals surface area contributed by atoms with E-state index in [-0.39, 0.29) is 11.9 Å². The molecule has 1 aromatic heterocycles. The average molecular weight is 356 g/mol. The largest absolute Gasteiger partial charge is 0.491 e. The van der Waals surface area contributed by atoms with E-state index in [1.165, 1.54) is 0 Å². The average Bonchev–Trinajstić information content (AvgIpc) is 2.87. The molecular formula is C22H20N4O. The number of anilines is 1. The van der Waals surface area contributed by atoms with Gasteiger partial charge in [0.15, 0.2) is 0 Å². The van der Waals surface area contributed by atoms with E-state index in [2.05, 4.69) is 17.1 Å². The molecule has 1 heterocycles. The number of nitrogens with two attached hydrogens (primary N) is 1. The molecule has 5 heteroatoms. The molecule has 0 unspecified atom stereocenters. The number of hydrogen-bond acceptors (Lipinski definition) is 5. The molecule has 0 amide bonds. The van der Waals surface area contributed by atoms with Crippen LogP contribution >= 0.6 is 0 Å². The van der Waals surface area contributed by atoms with Gasteiger partial charge < -0.3 is 10.5 Å². The van der Waals surface area contributed by atoms with Gasteiger partial charge in [0, 0.05) is 5.56 Å². The first-order chi connectivity index (χ1) is 12.9. The summed E-state index contributed by atoms with van der Waals surface area (Å²) in [6.45, 7) is 7.70. The van der Waals surface area contributed by atoms with Gasteiger partial charge in [0.05, 0.1) is 22.9 Å². The number of fused-ring (bicyclic) bond motifs is 1. The van der Waals surface area contributed by atoms with Crippen LogP contribution in [0.5, 0.6) is 5.75 Å². The van der Waals surface area contributed by atoms with Crippen LogP contribution in [0.25, 0.3) is 17.2 Å². The molecule has 0 aliphatic heterocycles. The fourth-order valence-electron chi connectivity index (χ4n) is 3.28. The van der Waals surface area contributed by atoms with Crippen molar-refractivity contribution in [3.05, 3.63) is 57.8 Å². The highest BCUT2D eigenvalue weighted by molar-refractivity contribution is 6.08. The Hall–Kier alpha value is -3.57. The number of aromatic nitrogens is 1. The SMILES string of the molecule is CC1=C(C#N)c2nc(N)c(C#N)c(C)c2C1=Cc1ccc(OC(C)C)cc1. The lowest BCUT2D eigenvalue weighted by atomic mass is 9.95. The molecule has 1 aliphatic rings. The smallest absolute Gasteiger partial charge is 0.142 e. The van der Waals surface area contributed by atoms with Gasteiger partial charge in [0.1, 0.15) is 23.7 Å². The molecule has 2 N–H and O–H groups in total. The Bertz CT molecular complexity index is 1060. The topological polar surface area (TPSA) is 95.7 Å². The Morgan fingerprint density at radius 3 is 2.33 bits per heavy atom. The second-order valence-corrected chi connectivity index (χ2v) is 6.74. The highest BCUT2D eigenvalue weighted by atomic mass is 16.5. The minimum Gasteiger partial charge on any atom is -0.491 e. The molecule has 2 aromatic rings. The normalized spacial score (nSPS) is 14.3. The zero-order valence-electron chi connectivity index (χ0n) is 15.8. The number of rotatable bonds is 3. The van der Waals surface area contributed by atoms with Gasteiger partial charge in [-0.1, -0.05) is 12.1 Å². The van der Waals surface area contributed by atoms with Crippen molar-refractivity contribution in [2.75, 3.05) is 5.73 Å². The summed E-state index contributed by atoms with van der Waals surface area (Å²) in [6, 6.07) is 12.1. The van der Waals surface area contributed by atoms with Gasteiger partial charge in [-0.05, 0) is 68.2 Å². The molecule has 3 rings (SSSR count). The molecule has 0 saturated carbocycles. The third-order valence-electron chi connectivity index (χ3n) is 4.55. The van der Waals surface area contributed by atoms with Crippen LogP contribution in [0.4, 0.5) is 5.82 Å². The molecule has 0 saturated heterocycles. The van der Waals surface area contributed by atoms with Crippen LogP contribution < -0.4 is 10.5 Å². The van der Waals surface area contributed by atoms with Gasteiger partial charge in [0.2, 0.25) is 0 Å². The van der Waals surface area contributed by atoms with E-state index in [0.717, 1.165) is 33.6 Å². The van der Waals surface area contributed by atoms with Crippen molar-refractivity contribution in [3.8, 4) is 17.9 Å². The monoisotopic (exact) mass is 356 g/mol. The fourth-order valence-corrected chi connectivity index (χ4v) is 3.28. The van der Waals surface area contributed by atoms with Gasteiger partial charge in [-0.25, -0.2) is 4.98 Å². The summed E-state index contributed by atoms with van der Waals surface area (Å²) in [6.07, 6.45) is 2.12. The Morgan fingerprint density at radius 2 is 1.78 bits per heavy atom. The van der Waals surface area contributed by atoms with Crippen molar-refractivity contribution in [1.29, 1.82) is 10.5 Å². The van der Waals surface area contributed by atoms with E-state index in [4.69, 9.17) is 10.5 Å². The number of pyridine rings is 1. The molecular weight excluding hydrogens is 336 g/mol. The van der Waals surface area contributed by atoms with Crippen LogP contribution in [0, 0.1) is 29.6 Å². The summed E-state index contributed by atoms with van der Waals surface area (Å²) >= 11 is 0. The Morgan fingerprint density at radius 1 is 1.11 bits per heavy atom. The van der Waals surface area contributed by atoms with Crippen LogP contribution in [0.3, 0.4) is 0 Å². The van der Waals surface area contributed by atoms with Gasteiger partial charge in [-0.2, -0.15) is 10.5 Å². The number of nitriles is 2. The van der Waals surface area contributed by atoms with Gasteiger partial charge in [0.25, 0.3) is 0 Å². The number of nitrogens with zero attached hydrogens (tertiary/aromatic N) is 3. The number of nitrogen functional groups attached to an aromatic ring is 1. The van der Waals surface area contributed by atoms with Crippen LogP contribution in [-0.2, 0) is 0 Å². The quantitative estimate of drug-likeness (QED) is 0.874. The van der Waals surface area contributed by atoms with E-state index in [1.807, 2.05) is 58.0 Å². The Balaban J connectivity index is 2.15. The third-order valence-corrected chi connectivity index (χ3v) is 4.55. The summed E-state index contributed by atoms with van der Waals surface area (Å²) in [7, 11) is 0. The van der Waals surface area contributed by atoms with Crippen LogP contribution in [0.1, 0.15) is 48.7 Å². The van der Waals surface area contributed by atoms with Gasteiger partial charge in [-0.15, -0.1) is 0 Å². The molecule has 5 nitrogen and oxygen atoms in total. The van der Waals surface area contributed by atoms with Crippen molar-refractivity contribution in [1.82, 2.24) is 4.98 Å². The van der Waals surface area contributed by atoms with Crippen molar-refractivity contribution >= 4 is 23.0 Å². The summed E-state index contributed by atoms with van der Waals surface area (Å²) in [5.74, 6) is 0.965. The fraction of sp³-hybridized carbons (Fsp3) is 0.227. The molecule has 0 radical (unpaired) electrons. The van der Waals surface area contributed by atoms with Crippen molar-refractivity contribution in [2.24, 2.45) is 0 Å². The molecule has 134 valence electrons. The number of benzene rings is 1. The highest BCUT2D eigenvalue weighted by Crippen LogP contribution is 2.44. The van der Waals surface area contributed by atoms with Crippen molar-refractivity contribution < 1.29 is 4.74 Å². The first kappa shape index (κ1) is 18.2. The highest BCUT2D eigenvalue weighted by Gasteiger charge is 2.29. The minimum absolute atomic E-state index is 0.114. The van der Waals surface area contributed by atoms with E-state index in [9.17, 15) is 10.5 Å². The molecule has 27 heavy (non-hydrogen) atoms. The predicted molar refractivity (Wildman–Crippen MR) is 106 cm³/mol. The molecule has 0 spiro atoms.